The zero-order valence-electron chi connectivity index (χ0n) is 13.3. The molecule has 23 heavy (non-hydrogen) atoms. The maximum absolute atomic E-state index is 9.14. The van der Waals surface area contributed by atoms with Crippen molar-refractivity contribution in [3.63, 3.8) is 0 Å². The standard InChI is InChI=1S/C20H22N2O/c23-11-9-15-6-7-19-18(12-15)17-8-10-22(14-20(17)21-19)13-16-4-2-1-3-5-16/h1-7,12,21,23H,8-11,13-14H2. The Hall–Kier alpha value is -2.10. The lowest BCUT2D eigenvalue weighted by molar-refractivity contribution is 0.243. The van der Waals surface area contributed by atoms with Crippen LogP contribution in [-0.4, -0.2) is 28.1 Å². The highest BCUT2D eigenvalue weighted by Crippen LogP contribution is 2.29. The molecule has 0 amide bonds. The first-order valence-electron chi connectivity index (χ1n) is 8.33. The second-order valence-corrected chi connectivity index (χ2v) is 6.38. The van der Waals surface area contributed by atoms with Crippen LogP contribution in [0.25, 0.3) is 10.9 Å². The van der Waals surface area contributed by atoms with Crippen LogP contribution in [0, 0.1) is 0 Å². The van der Waals surface area contributed by atoms with Gasteiger partial charge in [0.2, 0.25) is 0 Å². The van der Waals surface area contributed by atoms with Gasteiger partial charge in [0.05, 0.1) is 0 Å². The Kier molecular flexibility index (Phi) is 3.90. The molecule has 1 aromatic heterocycles. The van der Waals surface area contributed by atoms with Crippen molar-refractivity contribution in [1.82, 2.24) is 9.88 Å². The van der Waals surface area contributed by atoms with E-state index < -0.39 is 0 Å². The molecule has 118 valence electrons. The van der Waals surface area contributed by atoms with Crippen LogP contribution in [0.4, 0.5) is 0 Å². The largest absolute Gasteiger partial charge is 0.396 e. The third kappa shape index (κ3) is 2.90. The van der Waals surface area contributed by atoms with Gasteiger partial charge in [-0.05, 0) is 41.7 Å². The molecular formula is C20H22N2O. The quantitative estimate of drug-likeness (QED) is 0.776. The summed E-state index contributed by atoms with van der Waals surface area (Å²) >= 11 is 0. The Labute approximate surface area is 136 Å². The van der Waals surface area contributed by atoms with Crippen LogP contribution in [0.3, 0.4) is 0 Å². The van der Waals surface area contributed by atoms with Gasteiger partial charge in [0.15, 0.2) is 0 Å². The Bertz CT molecular complexity index is 807. The Morgan fingerprint density at radius 3 is 2.74 bits per heavy atom. The Balaban J connectivity index is 1.59. The number of aliphatic hydroxyl groups excluding tert-OH is 1. The molecule has 0 radical (unpaired) electrons. The minimum Gasteiger partial charge on any atom is -0.396 e. The monoisotopic (exact) mass is 306 g/mol. The maximum Gasteiger partial charge on any atom is 0.0471 e. The van der Waals surface area contributed by atoms with E-state index in [1.165, 1.54) is 33.3 Å². The van der Waals surface area contributed by atoms with E-state index in [2.05, 4.69) is 58.4 Å². The van der Waals surface area contributed by atoms with Crippen LogP contribution < -0.4 is 0 Å². The van der Waals surface area contributed by atoms with Gasteiger partial charge in [-0.3, -0.25) is 4.90 Å². The van der Waals surface area contributed by atoms with Crippen LogP contribution in [0.1, 0.15) is 22.4 Å². The molecule has 2 N–H and O–H groups in total. The number of benzene rings is 2. The number of hydrogen-bond acceptors (Lipinski definition) is 2. The summed E-state index contributed by atoms with van der Waals surface area (Å²) in [5, 5.41) is 10.5. The molecule has 1 aliphatic rings. The average Bonchev–Trinajstić information content (AvgIpc) is 2.93. The highest BCUT2D eigenvalue weighted by molar-refractivity contribution is 5.85. The summed E-state index contributed by atoms with van der Waals surface area (Å²) in [7, 11) is 0. The number of H-pyrrole nitrogens is 1. The number of aromatic amines is 1. The number of nitrogens with one attached hydrogen (secondary N) is 1. The minimum atomic E-state index is 0.211. The molecule has 3 nitrogen and oxygen atoms in total. The van der Waals surface area contributed by atoms with Crippen molar-refractivity contribution < 1.29 is 5.11 Å². The van der Waals surface area contributed by atoms with E-state index in [1.54, 1.807) is 0 Å². The molecule has 3 aromatic rings. The van der Waals surface area contributed by atoms with Crippen molar-refractivity contribution in [3.8, 4) is 0 Å². The molecule has 0 aliphatic carbocycles. The number of hydrogen-bond donors (Lipinski definition) is 2. The molecule has 0 saturated heterocycles. The minimum absolute atomic E-state index is 0.211. The topological polar surface area (TPSA) is 39.3 Å². The van der Waals surface area contributed by atoms with E-state index in [0.717, 1.165) is 32.5 Å². The van der Waals surface area contributed by atoms with Gasteiger partial charge in [-0.2, -0.15) is 0 Å². The lowest BCUT2D eigenvalue weighted by Crippen LogP contribution is -2.29. The van der Waals surface area contributed by atoms with E-state index >= 15 is 0 Å². The third-order valence-corrected chi connectivity index (χ3v) is 4.77. The number of fused-ring (bicyclic) bond motifs is 3. The van der Waals surface area contributed by atoms with Gasteiger partial charge in [0.1, 0.15) is 0 Å². The zero-order valence-corrected chi connectivity index (χ0v) is 13.3. The molecule has 0 fully saturated rings. The van der Waals surface area contributed by atoms with E-state index in [4.69, 9.17) is 5.11 Å². The normalized spacial score (nSPS) is 15.0. The van der Waals surface area contributed by atoms with Crippen molar-refractivity contribution >= 4 is 10.9 Å². The summed E-state index contributed by atoms with van der Waals surface area (Å²) in [5.74, 6) is 0. The molecule has 0 spiro atoms. The van der Waals surface area contributed by atoms with Crippen molar-refractivity contribution in [2.24, 2.45) is 0 Å². The van der Waals surface area contributed by atoms with Gasteiger partial charge < -0.3 is 10.1 Å². The van der Waals surface area contributed by atoms with Crippen molar-refractivity contribution in [3.05, 3.63) is 70.9 Å². The van der Waals surface area contributed by atoms with Crippen molar-refractivity contribution in [1.29, 1.82) is 0 Å². The highest BCUT2D eigenvalue weighted by Gasteiger charge is 2.20. The van der Waals surface area contributed by atoms with E-state index in [1.807, 2.05) is 0 Å². The van der Waals surface area contributed by atoms with Gasteiger partial charge >= 0.3 is 0 Å². The van der Waals surface area contributed by atoms with Crippen LogP contribution in [-0.2, 0) is 25.9 Å². The molecule has 0 unspecified atom stereocenters. The van der Waals surface area contributed by atoms with Crippen LogP contribution in [0.5, 0.6) is 0 Å². The van der Waals surface area contributed by atoms with Crippen LogP contribution >= 0.6 is 0 Å². The first kappa shape index (κ1) is 14.5. The fraction of sp³-hybridized carbons (Fsp3) is 0.300. The SMILES string of the molecule is OCCc1ccc2[nH]c3c(c2c1)CCN(Cc1ccccc1)C3. The van der Waals surface area contributed by atoms with E-state index in [-0.39, 0.29) is 6.61 Å². The highest BCUT2D eigenvalue weighted by atomic mass is 16.2. The number of rotatable bonds is 4. The molecule has 1 aliphatic heterocycles. The summed E-state index contributed by atoms with van der Waals surface area (Å²) in [5.41, 5.74) is 6.62. The second kappa shape index (κ2) is 6.19. The zero-order chi connectivity index (χ0) is 15.6. The Morgan fingerprint density at radius 2 is 1.91 bits per heavy atom. The van der Waals surface area contributed by atoms with Crippen LogP contribution in [0.15, 0.2) is 48.5 Å². The fourth-order valence-corrected chi connectivity index (χ4v) is 3.60. The molecule has 0 atom stereocenters. The van der Waals surface area contributed by atoms with Gasteiger partial charge in [-0.15, -0.1) is 0 Å². The first-order chi connectivity index (χ1) is 11.3. The first-order valence-corrected chi connectivity index (χ1v) is 8.33. The van der Waals surface area contributed by atoms with Crippen molar-refractivity contribution in [2.45, 2.75) is 25.9 Å². The number of aromatic nitrogens is 1. The van der Waals surface area contributed by atoms with E-state index in [9.17, 15) is 0 Å². The lowest BCUT2D eigenvalue weighted by Gasteiger charge is -2.27. The summed E-state index contributed by atoms with van der Waals surface area (Å²) in [6.07, 6.45) is 1.82. The average molecular weight is 306 g/mol. The molecule has 2 heterocycles. The number of nitrogens with zero attached hydrogens (tertiary/aromatic N) is 1. The smallest absolute Gasteiger partial charge is 0.0471 e. The van der Waals surface area contributed by atoms with Crippen LogP contribution in [0.2, 0.25) is 0 Å². The maximum atomic E-state index is 9.14. The van der Waals surface area contributed by atoms with Gasteiger partial charge in [-0.25, -0.2) is 0 Å². The molecular weight excluding hydrogens is 284 g/mol. The van der Waals surface area contributed by atoms with E-state index in [0.29, 0.717) is 0 Å². The summed E-state index contributed by atoms with van der Waals surface area (Å²) in [6, 6.07) is 17.2. The molecule has 4 rings (SSSR count). The summed E-state index contributed by atoms with van der Waals surface area (Å²) in [6.45, 7) is 3.29. The third-order valence-electron chi connectivity index (χ3n) is 4.77. The molecule has 0 bridgehead atoms. The molecule has 0 saturated carbocycles. The van der Waals surface area contributed by atoms with Gasteiger partial charge in [-0.1, -0.05) is 36.4 Å². The summed E-state index contributed by atoms with van der Waals surface area (Å²) < 4.78 is 0. The van der Waals surface area contributed by atoms with Gasteiger partial charge in [0.25, 0.3) is 0 Å². The lowest BCUT2D eigenvalue weighted by atomic mass is 10.0. The predicted molar refractivity (Wildman–Crippen MR) is 93.3 cm³/mol. The van der Waals surface area contributed by atoms with Crippen molar-refractivity contribution in [2.75, 3.05) is 13.2 Å². The summed E-state index contributed by atoms with van der Waals surface area (Å²) in [4.78, 5) is 6.10. The Morgan fingerprint density at radius 1 is 1.04 bits per heavy atom. The molecule has 3 heteroatoms. The predicted octanol–water partition coefficient (Wildman–Crippen LogP) is 3.26. The number of aliphatic hydroxyl groups is 1. The second-order valence-electron chi connectivity index (χ2n) is 6.38. The van der Waals surface area contributed by atoms with Gasteiger partial charge in [0, 0.05) is 42.8 Å². The fourth-order valence-electron chi connectivity index (χ4n) is 3.60. The molecule has 2 aromatic carbocycles.